The van der Waals surface area contributed by atoms with Crippen LogP contribution in [0.3, 0.4) is 0 Å². The van der Waals surface area contributed by atoms with E-state index < -0.39 is 0 Å². The summed E-state index contributed by atoms with van der Waals surface area (Å²) in [4.78, 5) is 14.4. The number of hydrogen-bond acceptors (Lipinski definition) is 8. The van der Waals surface area contributed by atoms with E-state index in [-0.39, 0.29) is 23.7 Å². The van der Waals surface area contributed by atoms with Crippen molar-refractivity contribution in [2.45, 2.75) is 71.3 Å². The van der Waals surface area contributed by atoms with Gasteiger partial charge in [-0.2, -0.15) is 0 Å². The van der Waals surface area contributed by atoms with Crippen LogP contribution in [-0.2, 0) is 6.42 Å². The lowest BCUT2D eigenvalue weighted by molar-refractivity contribution is 0.00322. The molecule has 0 amide bonds. The number of halogens is 1. The summed E-state index contributed by atoms with van der Waals surface area (Å²) < 4.78 is 16.1. The van der Waals surface area contributed by atoms with E-state index in [1.807, 2.05) is 42.5 Å². The number of aromatic nitrogens is 3. The molecule has 6 aromatic rings. The first kappa shape index (κ1) is 38.6. The predicted octanol–water partition coefficient (Wildman–Crippen LogP) is 9.91. The first-order valence-corrected chi connectivity index (χ1v) is 23.0. The molecule has 3 fully saturated rings. The summed E-state index contributed by atoms with van der Waals surface area (Å²) in [5.41, 5.74) is 12.7. The summed E-state index contributed by atoms with van der Waals surface area (Å²) in [7, 11) is 0. The Balaban J connectivity index is 0.686. The number of aliphatic imine (C=N–C) groups is 1. The van der Waals surface area contributed by atoms with E-state index in [4.69, 9.17) is 4.99 Å². The molecule has 4 aromatic carbocycles. The number of anilines is 2. The van der Waals surface area contributed by atoms with E-state index in [9.17, 15) is 9.50 Å². The zero-order chi connectivity index (χ0) is 41.6. The fraction of sp³-hybridized carbons (Fsp3) is 0.392. The van der Waals surface area contributed by atoms with Gasteiger partial charge in [-0.25, -0.2) is 4.39 Å². The van der Waals surface area contributed by atoms with Crippen molar-refractivity contribution < 1.29 is 9.50 Å². The van der Waals surface area contributed by atoms with Gasteiger partial charge in [0.25, 0.3) is 0 Å². The molecule has 312 valence electrons. The number of phenols is 1. The Morgan fingerprint density at radius 2 is 1.49 bits per heavy atom. The molecular weight excluding hydrogens is 778 g/mol. The Kier molecular flexibility index (Phi) is 9.45. The molecule has 1 saturated carbocycles. The van der Waals surface area contributed by atoms with E-state index in [1.165, 1.54) is 74.0 Å². The molecule has 3 atom stereocenters. The van der Waals surface area contributed by atoms with Gasteiger partial charge in [0.05, 0.1) is 5.71 Å². The van der Waals surface area contributed by atoms with Gasteiger partial charge in [-0.1, -0.05) is 42.5 Å². The number of hydrogen-bond donors (Lipinski definition) is 1. The van der Waals surface area contributed by atoms with E-state index in [2.05, 4.69) is 105 Å². The average molecular weight is 832 g/mol. The summed E-state index contributed by atoms with van der Waals surface area (Å²) in [6, 6.07) is 31.2. The Bertz CT molecular complexity index is 2630. The molecule has 3 aliphatic heterocycles. The minimum atomic E-state index is -0.200. The lowest BCUT2D eigenvalue weighted by Gasteiger charge is -2.60. The Morgan fingerprint density at radius 1 is 0.803 bits per heavy atom. The summed E-state index contributed by atoms with van der Waals surface area (Å²) in [5, 5.41) is 20.4. The van der Waals surface area contributed by atoms with E-state index >= 15 is 0 Å². The van der Waals surface area contributed by atoms with Crippen LogP contribution in [0.1, 0.15) is 99.5 Å². The molecule has 61 heavy (non-hydrogen) atoms. The molecule has 2 saturated heterocycles. The van der Waals surface area contributed by atoms with Gasteiger partial charge in [0.15, 0.2) is 5.82 Å². The minimum Gasteiger partial charge on any atom is -0.508 e. The van der Waals surface area contributed by atoms with Crippen LogP contribution in [0.5, 0.6) is 5.75 Å². The van der Waals surface area contributed by atoms with Gasteiger partial charge in [0.1, 0.15) is 28.4 Å². The normalized spacial score (nSPS) is 22.2. The van der Waals surface area contributed by atoms with Gasteiger partial charge in [-0.15, -0.1) is 21.5 Å². The Morgan fingerprint density at radius 3 is 2.23 bits per heavy atom. The van der Waals surface area contributed by atoms with Crippen LogP contribution in [0.4, 0.5) is 15.8 Å². The second-order valence-electron chi connectivity index (χ2n) is 18.7. The second kappa shape index (κ2) is 14.9. The number of nitrogens with zero attached hydrogens (tertiary/aromatic N) is 7. The van der Waals surface area contributed by atoms with Crippen molar-refractivity contribution in [3.05, 3.63) is 152 Å². The summed E-state index contributed by atoms with van der Waals surface area (Å²) >= 11 is 1.81. The van der Waals surface area contributed by atoms with Gasteiger partial charge < -0.3 is 14.9 Å². The summed E-state index contributed by atoms with van der Waals surface area (Å²) in [6.45, 7) is 16.4. The van der Waals surface area contributed by atoms with Crippen LogP contribution in [0.2, 0.25) is 0 Å². The van der Waals surface area contributed by atoms with Crippen molar-refractivity contribution in [2.75, 3.05) is 55.6 Å². The smallest absolute Gasteiger partial charge is 0.162 e. The predicted molar refractivity (Wildman–Crippen MR) is 244 cm³/mol. The quantitative estimate of drug-likeness (QED) is 0.173. The molecular formula is C51H54FN7OS. The molecule has 10 heteroatoms. The van der Waals surface area contributed by atoms with Crippen molar-refractivity contribution in [1.82, 2.24) is 19.7 Å². The van der Waals surface area contributed by atoms with Crippen LogP contribution < -0.4 is 9.80 Å². The number of rotatable bonds is 7. The molecule has 2 aliphatic carbocycles. The van der Waals surface area contributed by atoms with Crippen molar-refractivity contribution >= 4 is 28.4 Å². The number of benzene rings is 4. The van der Waals surface area contributed by atoms with Crippen LogP contribution in [0, 0.1) is 37.9 Å². The fourth-order valence-electron chi connectivity index (χ4n) is 11.5. The zero-order valence-corrected chi connectivity index (χ0v) is 36.4. The van der Waals surface area contributed by atoms with Gasteiger partial charge in [0, 0.05) is 84.5 Å². The number of piperazine rings is 1. The summed E-state index contributed by atoms with van der Waals surface area (Å²) in [5.74, 6) is 3.14. The molecule has 0 bridgehead atoms. The number of phenolic OH excluding ortho intramolecular Hbond substituents is 1. The number of aromatic hydroxyl groups is 1. The molecule has 1 N–H and O–H groups in total. The van der Waals surface area contributed by atoms with Crippen molar-refractivity contribution in [2.24, 2.45) is 16.3 Å². The highest BCUT2D eigenvalue weighted by atomic mass is 32.1. The highest BCUT2D eigenvalue weighted by Gasteiger charge is 2.52. The lowest BCUT2D eigenvalue weighted by Crippen LogP contribution is -2.64. The van der Waals surface area contributed by atoms with E-state index in [0.29, 0.717) is 11.2 Å². The van der Waals surface area contributed by atoms with Crippen molar-refractivity contribution in [1.29, 1.82) is 0 Å². The number of aryl methyl sites for hydroxylation is 3. The first-order valence-electron chi connectivity index (χ1n) is 22.2. The molecule has 2 aromatic heterocycles. The lowest BCUT2D eigenvalue weighted by atomic mass is 9.57. The maximum atomic E-state index is 13.9. The Hall–Kier alpha value is -5.32. The van der Waals surface area contributed by atoms with Crippen LogP contribution >= 0.6 is 11.3 Å². The standard InChI is InChI=1S/C51H54FN7OS/c1-31-33(3)61-50-46(31)48(53-32(2)49-55-54-34(4)59(49)50)38-9-16-42(17-10-38)58-29-51(30-58)26-35(27-51)28-56-21-23-57(24-22-56)41-14-7-37(8-15-41)47-44(36-5-12-40(52)13-6-36)19-11-39-25-43(60)18-20-45(39)47/h5-10,12-18,20,25,32,35,44,47,60H,11,19,21-24,26-30H2,1-4H3/t32-,44+,47-/m0/s1. The maximum Gasteiger partial charge on any atom is 0.162 e. The topological polar surface area (TPSA) is 73.0 Å². The Labute approximate surface area is 362 Å². The summed E-state index contributed by atoms with van der Waals surface area (Å²) in [6.07, 6.45) is 4.54. The maximum absolute atomic E-state index is 13.9. The van der Waals surface area contributed by atoms with Gasteiger partial charge >= 0.3 is 0 Å². The molecule has 8 nitrogen and oxygen atoms in total. The van der Waals surface area contributed by atoms with E-state index in [0.717, 1.165) is 81.0 Å². The minimum absolute atomic E-state index is 0.0760. The molecule has 5 heterocycles. The van der Waals surface area contributed by atoms with Crippen molar-refractivity contribution in [3.63, 3.8) is 0 Å². The zero-order valence-electron chi connectivity index (χ0n) is 35.6. The van der Waals surface area contributed by atoms with Crippen LogP contribution in [0.15, 0.2) is 96.0 Å². The average Bonchev–Trinajstić information content (AvgIpc) is 3.73. The van der Waals surface area contributed by atoms with Crippen LogP contribution in [0.25, 0.3) is 5.00 Å². The van der Waals surface area contributed by atoms with Gasteiger partial charge in [0.2, 0.25) is 0 Å². The third-order valence-corrected chi connectivity index (χ3v) is 15.9. The third kappa shape index (κ3) is 6.77. The second-order valence-corrected chi connectivity index (χ2v) is 19.9. The highest BCUT2D eigenvalue weighted by Crippen LogP contribution is 2.53. The van der Waals surface area contributed by atoms with Crippen molar-refractivity contribution in [3.8, 4) is 10.8 Å². The molecule has 1 spiro atoms. The molecule has 0 unspecified atom stereocenters. The largest absolute Gasteiger partial charge is 0.508 e. The van der Waals surface area contributed by atoms with Gasteiger partial charge in [-0.3, -0.25) is 14.5 Å². The monoisotopic (exact) mass is 831 g/mol. The van der Waals surface area contributed by atoms with Gasteiger partial charge in [-0.05, 0) is 142 Å². The fourth-order valence-corrected chi connectivity index (χ4v) is 12.8. The first-order chi connectivity index (χ1) is 29.6. The van der Waals surface area contributed by atoms with E-state index in [1.54, 1.807) is 12.1 Å². The highest BCUT2D eigenvalue weighted by molar-refractivity contribution is 7.15. The number of thiophene rings is 1. The van der Waals surface area contributed by atoms with Crippen LogP contribution in [-0.4, -0.2) is 76.3 Å². The molecule has 0 radical (unpaired) electrons. The number of fused-ring (bicyclic) bond motifs is 4. The molecule has 11 rings (SSSR count). The third-order valence-electron chi connectivity index (χ3n) is 14.7. The SMILES string of the molecule is Cc1sc2c(c1C)C(c1ccc(N3CC4(CC(CN5CCN(c6ccc([C@@H]7c8ccc(O)cc8CC[C@@H]7c7ccc(F)cc7)cc6)CC5)C4)C3)cc1)=N[C@@H](C)c1nnc(C)n1-2. The molecule has 5 aliphatic rings.